The Hall–Kier alpha value is -1.02. The van der Waals surface area contributed by atoms with Crippen LogP contribution in [0.2, 0.25) is 10.0 Å². The third-order valence-electron chi connectivity index (χ3n) is 2.45. The molecule has 2 unspecified atom stereocenters. The summed E-state index contributed by atoms with van der Waals surface area (Å²) < 4.78 is 37.5. The van der Waals surface area contributed by atoms with Crippen molar-refractivity contribution in [1.29, 1.82) is 0 Å². The molecule has 9 heteroatoms. The monoisotopic (exact) mass is 332 g/mol. The van der Waals surface area contributed by atoms with Crippen LogP contribution in [0.15, 0.2) is 12.1 Å². The lowest BCUT2D eigenvalue weighted by molar-refractivity contribution is -0.141. The van der Waals surface area contributed by atoms with Gasteiger partial charge < -0.3 is 15.3 Å². The summed E-state index contributed by atoms with van der Waals surface area (Å²) in [6.45, 7) is 0. The van der Waals surface area contributed by atoms with E-state index in [0.717, 1.165) is 0 Å². The lowest BCUT2D eigenvalue weighted by Crippen LogP contribution is -2.22. The summed E-state index contributed by atoms with van der Waals surface area (Å²) >= 11 is 11.2. The van der Waals surface area contributed by atoms with Crippen molar-refractivity contribution in [2.24, 2.45) is 0 Å². The highest BCUT2D eigenvalue weighted by molar-refractivity contribution is 6.36. The molecule has 0 aliphatic rings. The lowest BCUT2D eigenvalue weighted by Gasteiger charge is -2.20. The van der Waals surface area contributed by atoms with Crippen LogP contribution in [0.4, 0.5) is 13.2 Å². The van der Waals surface area contributed by atoms with E-state index in [2.05, 4.69) is 0 Å². The maximum absolute atomic E-state index is 12.5. The number of hydrogen-bond donors (Lipinski definition) is 3. The van der Waals surface area contributed by atoms with Crippen molar-refractivity contribution in [2.45, 2.75) is 24.8 Å². The molecule has 1 aromatic rings. The Morgan fingerprint density at radius 2 is 1.65 bits per heavy atom. The topological polar surface area (TPSA) is 77.8 Å². The van der Waals surface area contributed by atoms with Gasteiger partial charge in [0.25, 0.3) is 0 Å². The number of alkyl halides is 3. The molecule has 20 heavy (non-hydrogen) atoms. The van der Waals surface area contributed by atoms with Crippen molar-refractivity contribution >= 4 is 29.2 Å². The lowest BCUT2D eigenvalue weighted by atomic mass is 10.0. The van der Waals surface area contributed by atoms with E-state index in [4.69, 9.17) is 28.3 Å². The van der Waals surface area contributed by atoms with E-state index in [0.29, 0.717) is 12.1 Å². The van der Waals surface area contributed by atoms with Crippen molar-refractivity contribution in [3.63, 3.8) is 0 Å². The van der Waals surface area contributed by atoms with Crippen molar-refractivity contribution in [3.8, 4) is 0 Å². The van der Waals surface area contributed by atoms with Crippen LogP contribution in [-0.4, -0.2) is 27.4 Å². The third-order valence-corrected chi connectivity index (χ3v) is 3.08. The molecule has 0 aliphatic heterocycles. The van der Waals surface area contributed by atoms with Gasteiger partial charge in [0.2, 0.25) is 0 Å². The Morgan fingerprint density at radius 1 is 1.20 bits per heavy atom. The zero-order valence-electron chi connectivity index (χ0n) is 9.66. The molecule has 0 aromatic heterocycles. The fourth-order valence-corrected chi connectivity index (χ4v) is 2.22. The molecule has 4 nitrogen and oxygen atoms in total. The number of rotatable bonds is 4. The molecule has 0 spiro atoms. The number of aliphatic hydroxyl groups is 2. The highest BCUT2D eigenvalue weighted by Crippen LogP contribution is 2.39. The number of hydrogen-bond acceptors (Lipinski definition) is 3. The van der Waals surface area contributed by atoms with E-state index in [9.17, 15) is 28.2 Å². The molecule has 0 radical (unpaired) electrons. The van der Waals surface area contributed by atoms with E-state index in [1.807, 2.05) is 0 Å². The van der Waals surface area contributed by atoms with Gasteiger partial charge in [-0.25, -0.2) is 0 Å². The van der Waals surface area contributed by atoms with Crippen LogP contribution in [-0.2, 0) is 11.0 Å². The van der Waals surface area contributed by atoms with Crippen molar-refractivity contribution in [1.82, 2.24) is 0 Å². The zero-order valence-corrected chi connectivity index (χ0v) is 11.2. The molecule has 0 bridgehead atoms. The Labute approximate surface area is 121 Å². The SMILES string of the molecule is O=C(O)CC(O)C(O)c1c(Cl)cc(C(F)(F)F)cc1Cl. The molecule has 2 atom stereocenters. The standard InChI is InChI=1S/C11H9Cl2F3O4/c12-5-1-4(11(14,15)16)2-6(13)9(5)10(20)7(17)3-8(18)19/h1-2,7,10,17,20H,3H2,(H,18,19). The minimum atomic E-state index is -4.67. The van der Waals surface area contributed by atoms with Gasteiger partial charge in [0, 0.05) is 15.6 Å². The quantitative estimate of drug-likeness (QED) is 0.792. The predicted octanol–water partition coefficient (Wildman–Crippen LogP) is 2.88. The Balaban J connectivity index is 3.17. The van der Waals surface area contributed by atoms with Gasteiger partial charge in [-0.2, -0.15) is 13.2 Å². The van der Waals surface area contributed by atoms with Crippen LogP contribution in [0.1, 0.15) is 23.7 Å². The Kier molecular flexibility index (Phi) is 5.26. The van der Waals surface area contributed by atoms with Crippen LogP contribution in [0.5, 0.6) is 0 Å². The first-order valence-electron chi connectivity index (χ1n) is 5.18. The van der Waals surface area contributed by atoms with Crippen LogP contribution in [0, 0.1) is 0 Å². The minimum absolute atomic E-state index is 0.352. The van der Waals surface area contributed by atoms with Gasteiger partial charge in [-0.05, 0) is 12.1 Å². The summed E-state index contributed by atoms with van der Waals surface area (Å²) in [6.07, 6.45) is -9.04. The van der Waals surface area contributed by atoms with Crippen molar-refractivity contribution in [2.75, 3.05) is 0 Å². The second-order valence-electron chi connectivity index (χ2n) is 3.96. The van der Waals surface area contributed by atoms with Gasteiger partial charge in [0.1, 0.15) is 6.10 Å². The highest BCUT2D eigenvalue weighted by Gasteiger charge is 2.33. The van der Waals surface area contributed by atoms with Crippen molar-refractivity contribution in [3.05, 3.63) is 33.3 Å². The molecule has 3 N–H and O–H groups in total. The second kappa shape index (κ2) is 6.17. The maximum Gasteiger partial charge on any atom is 0.416 e. The van der Waals surface area contributed by atoms with Crippen molar-refractivity contribution < 1.29 is 33.3 Å². The summed E-state index contributed by atoms with van der Waals surface area (Å²) in [5.74, 6) is -1.39. The number of aliphatic hydroxyl groups excluding tert-OH is 2. The maximum atomic E-state index is 12.5. The number of benzene rings is 1. The fourth-order valence-electron chi connectivity index (χ4n) is 1.51. The van der Waals surface area contributed by atoms with Crippen LogP contribution in [0.25, 0.3) is 0 Å². The summed E-state index contributed by atoms with van der Waals surface area (Å²) in [6, 6.07) is 1.08. The second-order valence-corrected chi connectivity index (χ2v) is 4.78. The summed E-state index contributed by atoms with van der Waals surface area (Å²) in [5, 5.41) is 26.6. The van der Waals surface area contributed by atoms with Gasteiger partial charge in [-0.1, -0.05) is 23.2 Å². The first-order valence-corrected chi connectivity index (χ1v) is 5.93. The third kappa shape index (κ3) is 3.99. The molecular weight excluding hydrogens is 324 g/mol. The van der Waals surface area contributed by atoms with E-state index in [-0.39, 0.29) is 5.56 Å². The molecule has 0 fully saturated rings. The first-order chi connectivity index (χ1) is 9.04. The van der Waals surface area contributed by atoms with E-state index < -0.39 is 46.4 Å². The van der Waals surface area contributed by atoms with Gasteiger partial charge in [0.05, 0.1) is 18.1 Å². The smallest absolute Gasteiger partial charge is 0.416 e. The highest BCUT2D eigenvalue weighted by atomic mass is 35.5. The molecule has 0 saturated heterocycles. The molecule has 0 heterocycles. The normalized spacial score (nSPS) is 14.9. The summed E-state index contributed by atoms with van der Waals surface area (Å²) in [4.78, 5) is 10.4. The van der Waals surface area contributed by atoms with E-state index in [1.165, 1.54) is 0 Å². The molecule has 0 amide bonds. The van der Waals surface area contributed by atoms with E-state index >= 15 is 0 Å². The van der Waals surface area contributed by atoms with Gasteiger partial charge in [0.15, 0.2) is 0 Å². The first kappa shape index (κ1) is 17.0. The minimum Gasteiger partial charge on any atom is -0.481 e. The van der Waals surface area contributed by atoms with E-state index in [1.54, 1.807) is 0 Å². The number of halogens is 5. The fraction of sp³-hybridized carbons (Fsp3) is 0.364. The van der Waals surface area contributed by atoms with Crippen LogP contribution >= 0.6 is 23.2 Å². The van der Waals surface area contributed by atoms with Crippen LogP contribution in [0.3, 0.4) is 0 Å². The Bertz CT molecular complexity index is 496. The average Bonchev–Trinajstić information content (AvgIpc) is 2.25. The molecular formula is C11H9Cl2F3O4. The average molecular weight is 333 g/mol. The summed E-state index contributed by atoms with van der Waals surface area (Å²) in [5.41, 5.74) is -1.47. The molecule has 0 aliphatic carbocycles. The zero-order chi connectivity index (χ0) is 15.7. The molecule has 0 saturated carbocycles. The number of carbonyl (C=O) groups is 1. The summed E-state index contributed by atoms with van der Waals surface area (Å²) in [7, 11) is 0. The largest absolute Gasteiger partial charge is 0.481 e. The molecule has 112 valence electrons. The number of carboxylic acids is 1. The molecule has 1 rings (SSSR count). The number of carboxylic acid groups (broad SMARTS) is 1. The molecule has 1 aromatic carbocycles. The van der Waals surface area contributed by atoms with Crippen LogP contribution < -0.4 is 0 Å². The van der Waals surface area contributed by atoms with Gasteiger partial charge in [-0.15, -0.1) is 0 Å². The van der Waals surface area contributed by atoms with Gasteiger partial charge >= 0.3 is 12.1 Å². The Morgan fingerprint density at radius 3 is 2.00 bits per heavy atom. The van der Waals surface area contributed by atoms with Gasteiger partial charge in [-0.3, -0.25) is 4.79 Å². The predicted molar refractivity (Wildman–Crippen MR) is 64.7 cm³/mol. The number of aliphatic carboxylic acids is 1.